The van der Waals surface area contributed by atoms with Crippen LogP contribution in [0.25, 0.3) is 0 Å². The molecule has 1 fully saturated rings. The van der Waals surface area contributed by atoms with Crippen LogP contribution >= 0.6 is 0 Å². The molecule has 1 aliphatic heterocycles. The lowest BCUT2D eigenvalue weighted by atomic mass is 10.0. The number of nitrogens with one attached hydrogen (secondary N) is 1. The van der Waals surface area contributed by atoms with Crippen LogP contribution < -0.4 is 10.7 Å². The molecule has 104 valence electrons. The second kappa shape index (κ2) is 5.25. The molecule has 0 spiro atoms. The summed E-state index contributed by atoms with van der Waals surface area (Å²) in [5, 5.41) is 0. The van der Waals surface area contributed by atoms with Gasteiger partial charge in [0, 0.05) is 30.0 Å². The molecule has 2 aromatic rings. The third-order valence-electron chi connectivity index (χ3n) is 4.53. The quantitative estimate of drug-likeness (QED) is 0.855. The third-order valence-corrected chi connectivity index (χ3v) is 4.53. The lowest BCUT2D eigenvalue weighted by Gasteiger charge is -2.36. The van der Waals surface area contributed by atoms with E-state index in [1.54, 1.807) is 0 Å². The Bertz CT molecular complexity index is 565. The van der Waals surface area contributed by atoms with Crippen LogP contribution in [0, 0.1) is 0 Å². The van der Waals surface area contributed by atoms with Gasteiger partial charge >= 0.3 is 0 Å². The van der Waals surface area contributed by atoms with Crippen LogP contribution in [-0.2, 0) is 6.54 Å². The first kappa shape index (κ1) is 13.1. The van der Waals surface area contributed by atoms with Gasteiger partial charge in [-0.3, -0.25) is 5.73 Å². The van der Waals surface area contributed by atoms with E-state index >= 15 is 0 Å². The zero-order valence-corrected chi connectivity index (χ0v) is 12.0. The highest BCUT2D eigenvalue weighted by atomic mass is 15.4. The topological polar surface area (TPSA) is 40.2 Å². The Morgan fingerprint density at radius 3 is 2.70 bits per heavy atom. The van der Waals surface area contributed by atoms with Crippen LogP contribution in [0.5, 0.6) is 0 Å². The normalized spacial score (nSPS) is 25.8. The molecule has 3 N–H and O–H groups in total. The molecule has 2 atom stereocenters. The molecule has 1 aromatic heterocycles. The summed E-state index contributed by atoms with van der Waals surface area (Å²) in [5.41, 5.74) is 8.54. The van der Waals surface area contributed by atoms with Crippen LogP contribution in [-0.4, -0.2) is 18.1 Å². The molecule has 3 rings (SSSR count). The van der Waals surface area contributed by atoms with Crippen molar-refractivity contribution in [3.8, 4) is 0 Å². The van der Waals surface area contributed by atoms with E-state index in [4.69, 9.17) is 5.73 Å². The first-order chi connectivity index (χ1) is 9.67. The minimum absolute atomic E-state index is 0.562. The van der Waals surface area contributed by atoms with E-state index in [0.29, 0.717) is 6.04 Å². The van der Waals surface area contributed by atoms with Gasteiger partial charge in [0.25, 0.3) is 5.82 Å². The molecular weight excluding hydrogens is 246 g/mol. The van der Waals surface area contributed by atoms with Crippen molar-refractivity contribution in [2.75, 3.05) is 19.3 Å². The van der Waals surface area contributed by atoms with Crippen molar-refractivity contribution in [2.45, 2.75) is 25.4 Å². The number of hydrogen-bond donors (Lipinski definition) is 1. The summed E-state index contributed by atoms with van der Waals surface area (Å²) in [5.74, 6) is 0.726. The first-order valence-electron chi connectivity index (χ1n) is 7.33. The summed E-state index contributed by atoms with van der Waals surface area (Å²) in [6.45, 7) is 2.33. The van der Waals surface area contributed by atoms with Crippen molar-refractivity contribution >= 4 is 5.82 Å². The zero-order valence-electron chi connectivity index (χ0n) is 12.0. The summed E-state index contributed by atoms with van der Waals surface area (Å²) in [4.78, 5) is 3.15. The number of nitrogens with zero attached hydrogens (tertiary/aromatic N) is 1. The second-order valence-corrected chi connectivity index (χ2v) is 6.08. The monoisotopic (exact) mass is 269 g/mol. The molecular formula is C17H23N3+2. The molecule has 1 saturated heterocycles. The number of nitrogen functional groups attached to an aromatic ring is 1. The Morgan fingerprint density at radius 2 is 2.00 bits per heavy atom. The number of benzene rings is 1. The number of nitrogens with two attached hydrogens (primary N) is 1. The van der Waals surface area contributed by atoms with Crippen molar-refractivity contribution < 1.29 is 9.47 Å². The van der Waals surface area contributed by atoms with Crippen molar-refractivity contribution in [2.24, 2.45) is 0 Å². The number of rotatable bonds is 3. The molecule has 0 radical (unpaired) electrons. The fourth-order valence-corrected chi connectivity index (χ4v) is 3.49. The fraction of sp³-hybridized carbons (Fsp3) is 0.353. The molecule has 20 heavy (non-hydrogen) atoms. The lowest BCUT2D eigenvalue weighted by molar-refractivity contribution is -0.939. The number of anilines is 1. The molecule has 1 aromatic carbocycles. The smallest absolute Gasteiger partial charge is 0.270 e. The van der Waals surface area contributed by atoms with Crippen LogP contribution in [0.3, 0.4) is 0 Å². The first-order valence-corrected chi connectivity index (χ1v) is 7.33. The summed E-state index contributed by atoms with van der Waals surface area (Å²) in [6.07, 6.45) is 4.62. The minimum atomic E-state index is 0.562. The summed E-state index contributed by atoms with van der Waals surface area (Å²) >= 11 is 0. The average molecular weight is 269 g/mol. The number of likely N-dealkylation sites (tertiary alicyclic amines) is 1. The van der Waals surface area contributed by atoms with Gasteiger partial charge in [-0.2, -0.15) is 0 Å². The van der Waals surface area contributed by atoms with Crippen molar-refractivity contribution in [1.29, 1.82) is 0 Å². The molecule has 2 heterocycles. The van der Waals surface area contributed by atoms with E-state index in [9.17, 15) is 0 Å². The Kier molecular flexibility index (Phi) is 3.45. The van der Waals surface area contributed by atoms with Crippen LogP contribution in [0.15, 0.2) is 48.7 Å². The number of H-pyrrole nitrogens is 1. The van der Waals surface area contributed by atoms with Crippen LogP contribution in [0.2, 0.25) is 0 Å². The third kappa shape index (κ3) is 2.54. The number of aromatic amines is 1. The van der Waals surface area contributed by atoms with Gasteiger partial charge < -0.3 is 4.48 Å². The van der Waals surface area contributed by atoms with E-state index in [-0.39, 0.29) is 0 Å². The molecule has 0 amide bonds. The van der Waals surface area contributed by atoms with E-state index in [1.165, 1.54) is 30.5 Å². The van der Waals surface area contributed by atoms with Crippen LogP contribution in [0.1, 0.15) is 30.0 Å². The summed E-state index contributed by atoms with van der Waals surface area (Å²) in [7, 11) is 2.38. The van der Waals surface area contributed by atoms with E-state index in [1.807, 2.05) is 6.07 Å². The van der Waals surface area contributed by atoms with Crippen molar-refractivity contribution in [1.82, 2.24) is 0 Å². The Morgan fingerprint density at radius 1 is 1.20 bits per heavy atom. The number of aromatic nitrogens is 1. The maximum Gasteiger partial charge on any atom is 0.270 e. The second-order valence-electron chi connectivity index (χ2n) is 6.08. The van der Waals surface area contributed by atoms with Gasteiger partial charge in [-0.05, 0) is 6.07 Å². The van der Waals surface area contributed by atoms with Gasteiger partial charge in [0.15, 0.2) is 0 Å². The molecule has 0 saturated carbocycles. The van der Waals surface area contributed by atoms with E-state index in [2.05, 4.69) is 54.6 Å². The summed E-state index contributed by atoms with van der Waals surface area (Å²) < 4.78 is 1.09. The highest BCUT2D eigenvalue weighted by Gasteiger charge is 2.39. The predicted octanol–water partition coefficient (Wildman–Crippen LogP) is 2.56. The average Bonchev–Trinajstić information content (AvgIpc) is 2.82. The van der Waals surface area contributed by atoms with Crippen LogP contribution in [0.4, 0.5) is 5.82 Å². The number of quaternary nitrogens is 1. The van der Waals surface area contributed by atoms with E-state index < -0.39 is 0 Å². The highest BCUT2D eigenvalue weighted by Crippen LogP contribution is 2.38. The standard InChI is InChI=1S/C17H22N3/c1-20(13-14-6-3-2-4-7-14)11-5-8-16(20)15-9-10-17(18)19-12-15/h2-4,6-7,9-10,12,16H,5,8,11,13H2,1H3,(H2,18,19)/q+1/p+1/t16-,20?/m1/s1. The van der Waals surface area contributed by atoms with Gasteiger partial charge in [-0.1, -0.05) is 30.3 Å². The molecule has 3 nitrogen and oxygen atoms in total. The van der Waals surface area contributed by atoms with Crippen molar-refractivity contribution in [3.63, 3.8) is 0 Å². The highest BCUT2D eigenvalue weighted by molar-refractivity contribution is 5.24. The van der Waals surface area contributed by atoms with Gasteiger partial charge in [0.2, 0.25) is 0 Å². The summed E-state index contributed by atoms with van der Waals surface area (Å²) in [6, 6.07) is 15.5. The lowest BCUT2D eigenvalue weighted by Crippen LogP contribution is -2.42. The zero-order chi connectivity index (χ0) is 14.0. The maximum atomic E-state index is 5.76. The molecule has 1 unspecified atom stereocenters. The Hall–Kier alpha value is -1.87. The predicted molar refractivity (Wildman–Crippen MR) is 80.6 cm³/mol. The molecule has 1 aliphatic rings. The number of hydrogen-bond acceptors (Lipinski definition) is 1. The van der Waals surface area contributed by atoms with Gasteiger partial charge in [0.1, 0.15) is 12.6 Å². The molecule has 0 bridgehead atoms. The number of pyridine rings is 1. The largest absolute Gasteiger partial charge is 0.316 e. The molecule has 3 heteroatoms. The van der Waals surface area contributed by atoms with Crippen molar-refractivity contribution in [3.05, 3.63) is 59.8 Å². The maximum absolute atomic E-state index is 5.76. The Labute approximate surface area is 120 Å². The van der Waals surface area contributed by atoms with E-state index in [0.717, 1.165) is 16.8 Å². The fourth-order valence-electron chi connectivity index (χ4n) is 3.49. The molecule has 0 aliphatic carbocycles. The minimum Gasteiger partial charge on any atom is -0.316 e. The van der Waals surface area contributed by atoms with Gasteiger partial charge in [-0.25, -0.2) is 4.98 Å². The van der Waals surface area contributed by atoms with Gasteiger partial charge in [-0.15, -0.1) is 0 Å². The van der Waals surface area contributed by atoms with Gasteiger partial charge in [0.05, 0.1) is 19.8 Å². The SMILES string of the molecule is C[N+]1(Cc2ccccc2)CCC[C@@H]1c1ccc(N)[nH+]c1. The Balaban J connectivity index is 1.85.